The van der Waals surface area contributed by atoms with E-state index in [-0.39, 0.29) is 35.3 Å². The second-order valence-corrected chi connectivity index (χ2v) is 14.2. The standard InChI is InChI=1S/C34H39ClN8O3/c1-32(2,3)19-34(23-11-8-21(9-12-23)26-7-5-6-16-37-26)29(44)43(30(36)40-34)27(18-46-31(45)41-33(4)14-15-33)22-10-13-25(35)24(17-22)28-38-20-39-42-28/h5-11,13,16-17,20,23,27H,12,14-15,18-19H2,1-4H3,(H2,36,40)(H,41,45)(H,38,39,42)/t23?,27-,34-/m1/s1. The first-order chi connectivity index (χ1) is 21.9. The first-order valence-electron chi connectivity index (χ1n) is 15.5. The Balaban J connectivity index is 1.36. The van der Waals surface area contributed by atoms with Crippen LogP contribution in [0.2, 0.25) is 5.02 Å². The maximum Gasteiger partial charge on any atom is 0.407 e. The molecule has 0 radical (unpaired) electrons. The summed E-state index contributed by atoms with van der Waals surface area (Å²) in [5.41, 5.74) is 8.08. The van der Waals surface area contributed by atoms with E-state index in [1.165, 1.54) is 11.2 Å². The SMILES string of the molecule is CC(C)(C)C[C@]1(C2C=CC(c3ccccn3)=CC2)N=C(N)N([C@H](COC(=O)NC2(C)CC2)c2ccc(Cl)c(-c3ncn[nH]3)c2)C1=O. The van der Waals surface area contributed by atoms with Gasteiger partial charge < -0.3 is 15.8 Å². The van der Waals surface area contributed by atoms with Gasteiger partial charge in [0.25, 0.3) is 5.91 Å². The number of guanidine groups is 1. The monoisotopic (exact) mass is 642 g/mol. The van der Waals surface area contributed by atoms with Crippen molar-refractivity contribution in [2.24, 2.45) is 22.1 Å². The second-order valence-electron chi connectivity index (χ2n) is 13.8. The number of pyridine rings is 1. The Morgan fingerprint density at radius 1 is 1.24 bits per heavy atom. The fourth-order valence-corrected chi connectivity index (χ4v) is 6.46. The highest BCUT2D eigenvalue weighted by Crippen LogP contribution is 2.46. The molecule has 2 aromatic heterocycles. The normalized spacial score (nSPS) is 22.7. The van der Waals surface area contributed by atoms with E-state index in [2.05, 4.69) is 52.3 Å². The zero-order valence-corrected chi connectivity index (χ0v) is 27.2. The number of aromatic nitrogens is 4. The highest BCUT2D eigenvalue weighted by atomic mass is 35.5. The molecule has 0 saturated heterocycles. The van der Waals surface area contributed by atoms with Crippen molar-refractivity contribution in [3.05, 3.63) is 83.4 Å². The van der Waals surface area contributed by atoms with Gasteiger partial charge in [-0.05, 0) is 73.4 Å². The van der Waals surface area contributed by atoms with Gasteiger partial charge in [-0.3, -0.25) is 19.8 Å². The highest BCUT2D eigenvalue weighted by molar-refractivity contribution is 6.33. The highest BCUT2D eigenvalue weighted by Gasteiger charge is 2.55. The number of carbonyl (C=O) groups excluding carboxylic acids is 2. The molecular formula is C34H39ClN8O3. The van der Waals surface area contributed by atoms with Crippen molar-refractivity contribution in [1.29, 1.82) is 0 Å². The number of hydrogen-bond acceptors (Lipinski definition) is 8. The zero-order valence-electron chi connectivity index (χ0n) is 26.5. The fourth-order valence-electron chi connectivity index (χ4n) is 6.25. The molecule has 6 rings (SSSR count). The molecule has 1 aromatic carbocycles. The number of alkyl carbamates (subject to hydrolysis) is 1. The summed E-state index contributed by atoms with van der Waals surface area (Å²) in [7, 11) is 0. The molecule has 1 aliphatic heterocycles. The van der Waals surface area contributed by atoms with Crippen LogP contribution in [0.3, 0.4) is 0 Å². The minimum Gasteiger partial charge on any atom is -0.447 e. The molecule has 46 heavy (non-hydrogen) atoms. The maximum atomic E-state index is 14.9. The molecule has 3 aliphatic rings. The molecule has 3 heterocycles. The van der Waals surface area contributed by atoms with Crippen molar-refractivity contribution in [3.63, 3.8) is 0 Å². The summed E-state index contributed by atoms with van der Waals surface area (Å²) in [4.78, 5) is 43.0. The van der Waals surface area contributed by atoms with E-state index < -0.39 is 17.7 Å². The summed E-state index contributed by atoms with van der Waals surface area (Å²) in [5, 5.41) is 10.2. The molecule has 1 unspecified atom stereocenters. The number of allylic oxidation sites excluding steroid dienone is 3. The number of aromatic amines is 1. The van der Waals surface area contributed by atoms with Crippen molar-refractivity contribution < 1.29 is 14.3 Å². The smallest absolute Gasteiger partial charge is 0.407 e. The molecule has 1 fully saturated rings. The van der Waals surface area contributed by atoms with Gasteiger partial charge >= 0.3 is 6.09 Å². The fraction of sp³-hybridized carbons (Fsp3) is 0.412. The molecule has 11 nitrogen and oxygen atoms in total. The molecule has 3 atom stereocenters. The van der Waals surface area contributed by atoms with E-state index in [1.54, 1.807) is 18.3 Å². The van der Waals surface area contributed by atoms with Crippen LogP contribution >= 0.6 is 11.6 Å². The van der Waals surface area contributed by atoms with Crippen LogP contribution in [-0.2, 0) is 9.53 Å². The van der Waals surface area contributed by atoms with Gasteiger partial charge in [-0.1, -0.05) is 62.7 Å². The van der Waals surface area contributed by atoms with Crippen molar-refractivity contribution in [1.82, 2.24) is 30.4 Å². The van der Waals surface area contributed by atoms with Crippen LogP contribution in [0.5, 0.6) is 0 Å². The number of halogens is 1. The zero-order chi connectivity index (χ0) is 32.7. The van der Waals surface area contributed by atoms with Crippen molar-refractivity contribution in [2.45, 2.75) is 70.5 Å². The lowest BCUT2D eigenvalue weighted by Crippen LogP contribution is -2.51. The number of amides is 2. The Morgan fingerprint density at radius 2 is 2.04 bits per heavy atom. The Hall–Kier alpha value is -4.51. The summed E-state index contributed by atoms with van der Waals surface area (Å²) in [6.07, 6.45) is 11.6. The van der Waals surface area contributed by atoms with Gasteiger partial charge in [0, 0.05) is 23.2 Å². The van der Waals surface area contributed by atoms with Gasteiger partial charge in [0.1, 0.15) is 12.9 Å². The summed E-state index contributed by atoms with van der Waals surface area (Å²) < 4.78 is 5.77. The van der Waals surface area contributed by atoms with Crippen LogP contribution in [0.1, 0.15) is 70.7 Å². The maximum absolute atomic E-state index is 14.9. The quantitative estimate of drug-likeness (QED) is 0.265. The molecular weight excluding hydrogens is 604 g/mol. The third-order valence-electron chi connectivity index (χ3n) is 8.76. The molecule has 240 valence electrons. The first-order valence-corrected chi connectivity index (χ1v) is 15.8. The molecule has 2 amide bonds. The first kappa shape index (κ1) is 31.5. The number of nitrogens with zero attached hydrogens (tertiary/aromatic N) is 5. The van der Waals surface area contributed by atoms with Crippen LogP contribution in [0.15, 0.2) is 72.1 Å². The van der Waals surface area contributed by atoms with E-state index in [9.17, 15) is 9.59 Å². The molecule has 12 heteroatoms. The summed E-state index contributed by atoms with van der Waals surface area (Å²) in [5.74, 6) is 0.0280. The van der Waals surface area contributed by atoms with Gasteiger partial charge in [0.2, 0.25) is 0 Å². The number of hydrogen-bond donors (Lipinski definition) is 3. The number of ether oxygens (including phenoxy) is 1. The number of benzene rings is 1. The van der Waals surface area contributed by atoms with Crippen LogP contribution in [0, 0.1) is 11.3 Å². The van der Waals surface area contributed by atoms with Crippen molar-refractivity contribution in [2.75, 3.05) is 6.61 Å². The second kappa shape index (κ2) is 12.0. The minimum atomic E-state index is -1.17. The van der Waals surface area contributed by atoms with E-state index in [4.69, 9.17) is 27.1 Å². The lowest BCUT2D eigenvalue weighted by atomic mass is 9.70. The number of rotatable bonds is 9. The summed E-state index contributed by atoms with van der Waals surface area (Å²) in [6.45, 7) is 8.08. The molecule has 2 aliphatic carbocycles. The molecule has 1 saturated carbocycles. The Kier molecular flexibility index (Phi) is 8.22. The lowest BCUT2D eigenvalue weighted by molar-refractivity contribution is -0.136. The van der Waals surface area contributed by atoms with Crippen LogP contribution in [0.4, 0.5) is 4.79 Å². The number of nitrogens with two attached hydrogens (primary N) is 1. The predicted octanol–water partition coefficient (Wildman–Crippen LogP) is 5.83. The molecule has 0 spiro atoms. The van der Waals surface area contributed by atoms with Gasteiger partial charge in [-0.2, -0.15) is 5.10 Å². The van der Waals surface area contributed by atoms with Crippen molar-refractivity contribution >= 4 is 35.1 Å². The van der Waals surface area contributed by atoms with E-state index in [1.807, 2.05) is 43.3 Å². The third kappa shape index (κ3) is 6.42. The minimum absolute atomic E-state index is 0.0708. The van der Waals surface area contributed by atoms with Gasteiger partial charge in [0.15, 0.2) is 17.3 Å². The van der Waals surface area contributed by atoms with E-state index >= 15 is 0 Å². The number of carbonyl (C=O) groups is 2. The number of nitrogens with one attached hydrogen (secondary N) is 2. The van der Waals surface area contributed by atoms with E-state index in [0.29, 0.717) is 34.8 Å². The van der Waals surface area contributed by atoms with Crippen LogP contribution in [0.25, 0.3) is 17.0 Å². The molecule has 0 bridgehead atoms. The predicted molar refractivity (Wildman–Crippen MR) is 176 cm³/mol. The average molecular weight is 643 g/mol. The molecule has 4 N–H and O–H groups in total. The Labute approximate surface area is 273 Å². The summed E-state index contributed by atoms with van der Waals surface area (Å²) >= 11 is 6.56. The van der Waals surface area contributed by atoms with E-state index in [0.717, 1.165) is 24.1 Å². The average Bonchev–Trinajstić information content (AvgIpc) is 3.39. The van der Waals surface area contributed by atoms with Crippen LogP contribution < -0.4 is 11.1 Å². The van der Waals surface area contributed by atoms with Gasteiger partial charge in [0.05, 0.1) is 16.8 Å². The number of aliphatic imine (C=N–C) groups is 1. The van der Waals surface area contributed by atoms with Crippen molar-refractivity contribution in [3.8, 4) is 11.4 Å². The largest absolute Gasteiger partial charge is 0.447 e. The van der Waals surface area contributed by atoms with Gasteiger partial charge in [-0.15, -0.1) is 0 Å². The number of H-pyrrole nitrogens is 1. The topological polar surface area (TPSA) is 151 Å². The van der Waals surface area contributed by atoms with Crippen LogP contribution in [-0.4, -0.2) is 60.7 Å². The summed E-state index contributed by atoms with van der Waals surface area (Å²) in [6, 6.07) is 10.3. The van der Waals surface area contributed by atoms with Gasteiger partial charge in [-0.25, -0.2) is 14.8 Å². The lowest BCUT2D eigenvalue weighted by Gasteiger charge is -2.38. The third-order valence-corrected chi connectivity index (χ3v) is 9.09. The Bertz CT molecular complexity index is 1710. The Morgan fingerprint density at radius 3 is 2.67 bits per heavy atom. The molecule has 3 aromatic rings.